The number of rotatable bonds is 2. The highest BCUT2D eigenvalue weighted by atomic mass is 16.5. The molecule has 0 unspecified atom stereocenters. The molecule has 2 atom stereocenters. The molecule has 2 N–H and O–H groups in total. The molecule has 0 bridgehead atoms. The summed E-state index contributed by atoms with van der Waals surface area (Å²) < 4.78 is 5.62. The first-order chi connectivity index (χ1) is 5.22. The highest BCUT2D eigenvalue weighted by Crippen LogP contribution is 2.26. The number of hydrogen-bond acceptors (Lipinski definition) is 2. The first kappa shape index (κ1) is 9.01. The SMILES string of the molecule is C[C@@H]1CC(CCN)C[C@@H](C)O1. The first-order valence-electron chi connectivity index (χ1n) is 4.58. The van der Waals surface area contributed by atoms with E-state index in [1.165, 1.54) is 12.8 Å². The van der Waals surface area contributed by atoms with Gasteiger partial charge in [-0.3, -0.25) is 0 Å². The van der Waals surface area contributed by atoms with Crippen molar-refractivity contribution in [3.8, 4) is 0 Å². The van der Waals surface area contributed by atoms with Gasteiger partial charge in [-0.25, -0.2) is 0 Å². The Balaban J connectivity index is 2.30. The summed E-state index contributed by atoms with van der Waals surface area (Å²) >= 11 is 0. The van der Waals surface area contributed by atoms with Gasteiger partial charge in [0, 0.05) is 0 Å². The van der Waals surface area contributed by atoms with Gasteiger partial charge in [-0.1, -0.05) is 0 Å². The van der Waals surface area contributed by atoms with Gasteiger partial charge in [-0.05, 0) is 45.6 Å². The molecule has 1 heterocycles. The van der Waals surface area contributed by atoms with Crippen molar-refractivity contribution in [3.05, 3.63) is 0 Å². The summed E-state index contributed by atoms with van der Waals surface area (Å²) in [6, 6.07) is 0. The van der Waals surface area contributed by atoms with Crippen LogP contribution in [0.25, 0.3) is 0 Å². The number of hydrogen-bond donors (Lipinski definition) is 1. The predicted molar refractivity (Wildman–Crippen MR) is 46.4 cm³/mol. The third-order valence-corrected chi connectivity index (χ3v) is 2.37. The van der Waals surface area contributed by atoms with Gasteiger partial charge in [0.2, 0.25) is 0 Å². The fraction of sp³-hybridized carbons (Fsp3) is 1.00. The van der Waals surface area contributed by atoms with Gasteiger partial charge >= 0.3 is 0 Å². The van der Waals surface area contributed by atoms with E-state index < -0.39 is 0 Å². The molecule has 0 radical (unpaired) electrons. The van der Waals surface area contributed by atoms with Crippen LogP contribution in [0.5, 0.6) is 0 Å². The first-order valence-corrected chi connectivity index (χ1v) is 4.58. The van der Waals surface area contributed by atoms with Crippen LogP contribution in [0.4, 0.5) is 0 Å². The average Bonchev–Trinajstić information content (AvgIpc) is 1.85. The standard InChI is InChI=1S/C9H19NO/c1-7-5-9(3-4-10)6-8(2)11-7/h7-9H,3-6,10H2,1-2H3/t7-,8-/m1/s1. The topological polar surface area (TPSA) is 35.2 Å². The lowest BCUT2D eigenvalue weighted by Gasteiger charge is -2.31. The van der Waals surface area contributed by atoms with E-state index in [0.717, 1.165) is 18.9 Å². The van der Waals surface area contributed by atoms with E-state index in [9.17, 15) is 0 Å². The maximum Gasteiger partial charge on any atom is 0.0553 e. The zero-order valence-electron chi connectivity index (χ0n) is 7.55. The summed E-state index contributed by atoms with van der Waals surface area (Å²) in [5.74, 6) is 0.804. The maximum absolute atomic E-state index is 5.62. The van der Waals surface area contributed by atoms with Crippen LogP contribution in [-0.2, 0) is 4.74 Å². The van der Waals surface area contributed by atoms with Gasteiger partial charge in [0.15, 0.2) is 0 Å². The normalized spacial score (nSPS) is 39.0. The van der Waals surface area contributed by atoms with Crippen molar-refractivity contribution in [2.75, 3.05) is 6.54 Å². The van der Waals surface area contributed by atoms with Gasteiger partial charge in [-0.2, -0.15) is 0 Å². The van der Waals surface area contributed by atoms with Crippen LogP contribution in [0.2, 0.25) is 0 Å². The molecule has 0 aromatic rings. The summed E-state index contributed by atoms with van der Waals surface area (Å²) in [6.07, 6.45) is 4.44. The summed E-state index contributed by atoms with van der Waals surface area (Å²) in [4.78, 5) is 0. The maximum atomic E-state index is 5.62. The smallest absolute Gasteiger partial charge is 0.0553 e. The van der Waals surface area contributed by atoms with Crippen LogP contribution in [0, 0.1) is 5.92 Å². The van der Waals surface area contributed by atoms with Crippen LogP contribution in [0.15, 0.2) is 0 Å². The molecule has 0 saturated carbocycles. The van der Waals surface area contributed by atoms with Gasteiger partial charge in [-0.15, -0.1) is 0 Å². The Morgan fingerprint density at radius 3 is 2.27 bits per heavy atom. The highest BCUT2D eigenvalue weighted by Gasteiger charge is 2.23. The minimum atomic E-state index is 0.440. The van der Waals surface area contributed by atoms with E-state index >= 15 is 0 Å². The van der Waals surface area contributed by atoms with Crippen molar-refractivity contribution in [3.63, 3.8) is 0 Å². The molecular formula is C9H19NO. The summed E-state index contributed by atoms with van der Waals surface area (Å²) in [5.41, 5.74) is 5.51. The lowest BCUT2D eigenvalue weighted by Crippen LogP contribution is -2.30. The van der Waals surface area contributed by atoms with Crippen molar-refractivity contribution in [2.24, 2.45) is 11.7 Å². The fourth-order valence-electron chi connectivity index (χ4n) is 2.01. The van der Waals surface area contributed by atoms with Crippen molar-refractivity contribution in [1.82, 2.24) is 0 Å². The second-order valence-corrected chi connectivity index (χ2v) is 3.67. The lowest BCUT2D eigenvalue weighted by atomic mass is 9.90. The molecule has 11 heavy (non-hydrogen) atoms. The zero-order chi connectivity index (χ0) is 8.27. The van der Waals surface area contributed by atoms with Gasteiger partial charge in [0.05, 0.1) is 12.2 Å². The van der Waals surface area contributed by atoms with Crippen LogP contribution in [-0.4, -0.2) is 18.8 Å². The van der Waals surface area contributed by atoms with Crippen molar-refractivity contribution >= 4 is 0 Å². The third kappa shape index (κ3) is 2.80. The minimum absolute atomic E-state index is 0.440. The van der Waals surface area contributed by atoms with Gasteiger partial charge in [0.25, 0.3) is 0 Å². The Morgan fingerprint density at radius 1 is 1.27 bits per heavy atom. The van der Waals surface area contributed by atoms with Crippen molar-refractivity contribution < 1.29 is 4.74 Å². The molecule has 1 fully saturated rings. The quantitative estimate of drug-likeness (QED) is 0.660. The van der Waals surface area contributed by atoms with Crippen LogP contribution >= 0.6 is 0 Å². The van der Waals surface area contributed by atoms with Crippen molar-refractivity contribution in [1.29, 1.82) is 0 Å². The molecule has 2 heteroatoms. The van der Waals surface area contributed by atoms with Crippen LogP contribution in [0.3, 0.4) is 0 Å². The predicted octanol–water partition coefficient (Wildman–Crippen LogP) is 1.54. The fourth-order valence-corrected chi connectivity index (χ4v) is 2.01. The Hall–Kier alpha value is -0.0800. The second-order valence-electron chi connectivity index (χ2n) is 3.67. The molecule has 1 saturated heterocycles. The molecule has 2 nitrogen and oxygen atoms in total. The Labute approximate surface area is 69.1 Å². The summed E-state index contributed by atoms with van der Waals surface area (Å²) in [5, 5.41) is 0. The minimum Gasteiger partial charge on any atom is -0.376 e. The van der Waals surface area contributed by atoms with E-state index in [4.69, 9.17) is 10.5 Å². The number of nitrogens with two attached hydrogens (primary N) is 1. The molecule has 66 valence electrons. The van der Waals surface area contributed by atoms with Gasteiger partial charge < -0.3 is 10.5 Å². The summed E-state index contributed by atoms with van der Waals surface area (Å²) in [7, 11) is 0. The van der Waals surface area contributed by atoms with E-state index in [1.807, 2.05) is 0 Å². The van der Waals surface area contributed by atoms with E-state index in [1.54, 1.807) is 0 Å². The summed E-state index contributed by atoms with van der Waals surface area (Å²) in [6.45, 7) is 5.13. The molecule has 0 aliphatic carbocycles. The molecule has 0 amide bonds. The van der Waals surface area contributed by atoms with E-state index in [2.05, 4.69) is 13.8 Å². The molecule has 1 aliphatic heterocycles. The largest absolute Gasteiger partial charge is 0.376 e. The number of ether oxygens (including phenoxy) is 1. The molecule has 0 aromatic heterocycles. The molecule has 0 spiro atoms. The third-order valence-electron chi connectivity index (χ3n) is 2.37. The molecule has 0 aromatic carbocycles. The monoisotopic (exact) mass is 157 g/mol. The Morgan fingerprint density at radius 2 is 1.82 bits per heavy atom. The van der Waals surface area contributed by atoms with Gasteiger partial charge in [0.1, 0.15) is 0 Å². The van der Waals surface area contributed by atoms with E-state index in [0.29, 0.717) is 12.2 Å². The lowest BCUT2D eigenvalue weighted by molar-refractivity contribution is -0.0529. The molecular weight excluding hydrogens is 138 g/mol. The van der Waals surface area contributed by atoms with Crippen LogP contribution < -0.4 is 5.73 Å². The Bertz CT molecular complexity index is 106. The second kappa shape index (κ2) is 4.07. The average molecular weight is 157 g/mol. The van der Waals surface area contributed by atoms with E-state index in [-0.39, 0.29) is 0 Å². The highest BCUT2D eigenvalue weighted by molar-refractivity contribution is 4.73. The Kier molecular flexibility index (Phi) is 3.34. The zero-order valence-corrected chi connectivity index (χ0v) is 7.55. The molecule has 1 rings (SSSR count). The van der Waals surface area contributed by atoms with Crippen molar-refractivity contribution in [2.45, 2.75) is 45.3 Å². The molecule has 1 aliphatic rings. The van der Waals surface area contributed by atoms with Crippen LogP contribution in [0.1, 0.15) is 33.1 Å².